The molecule has 0 unspecified atom stereocenters. The van der Waals surface area contributed by atoms with E-state index >= 15 is 0 Å². The van der Waals surface area contributed by atoms with E-state index < -0.39 is 0 Å². The predicted octanol–water partition coefficient (Wildman–Crippen LogP) is 0.727. The normalized spacial score (nSPS) is 29.0. The second-order valence-corrected chi connectivity index (χ2v) is 2.83. The molecule has 0 aromatic rings. The predicted molar refractivity (Wildman–Crippen MR) is 37.5 cm³/mol. The van der Waals surface area contributed by atoms with Crippen LogP contribution in [0.25, 0.3) is 0 Å². The largest absolute Gasteiger partial charge is 0.380 e. The summed E-state index contributed by atoms with van der Waals surface area (Å²) in [6, 6.07) is 0.666. The number of ether oxygens (including phenoxy) is 1. The van der Waals surface area contributed by atoms with Gasteiger partial charge in [0.05, 0.1) is 6.61 Å². The van der Waals surface area contributed by atoms with Crippen LogP contribution in [0, 0.1) is 0 Å². The first kappa shape index (κ1) is 7.03. The van der Waals surface area contributed by atoms with Gasteiger partial charge in [-0.3, -0.25) is 0 Å². The van der Waals surface area contributed by atoms with E-state index in [9.17, 15) is 0 Å². The van der Waals surface area contributed by atoms with Crippen molar-refractivity contribution in [3.63, 3.8) is 0 Å². The molecule has 0 amide bonds. The van der Waals surface area contributed by atoms with Gasteiger partial charge in [0.1, 0.15) is 0 Å². The van der Waals surface area contributed by atoms with Crippen LogP contribution in [-0.2, 0) is 4.74 Å². The van der Waals surface area contributed by atoms with E-state index in [-0.39, 0.29) is 0 Å². The smallest absolute Gasteiger partial charge is 0.0621 e. The van der Waals surface area contributed by atoms with Crippen molar-refractivity contribution in [1.29, 1.82) is 0 Å². The molecule has 1 aliphatic heterocycles. The molecule has 2 heteroatoms. The molecule has 0 saturated carbocycles. The molecule has 0 aromatic heterocycles. The average Bonchev–Trinajstić information content (AvgIpc) is 1.90. The molecule has 0 N–H and O–H groups in total. The minimum Gasteiger partial charge on any atom is -0.380 e. The van der Waals surface area contributed by atoms with Crippen molar-refractivity contribution in [2.24, 2.45) is 0 Å². The van der Waals surface area contributed by atoms with E-state index in [0.29, 0.717) is 6.04 Å². The van der Waals surface area contributed by atoms with Crippen LogP contribution in [0.3, 0.4) is 0 Å². The summed E-state index contributed by atoms with van der Waals surface area (Å²) in [7, 11) is 4.22. The van der Waals surface area contributed by atoms with Gasteiger partial charge in [0.25, 0.3) is 0 Å². The highest BCUT2D eigenvalue weighted by atomic mass is 16.5. The van der Waals surface area contributed by atoms with Crippen LogP contribution in [0.1, 0.15) is 12.8 Å². The Morgan fingerprint density at radius 1 is 1.44 bits per heavy atom. The van der Waals surface area contributed by atoms with Crippen molar-refractivity contribution in [2.75, 3.05) is 27.3 Å². The van der Waals surface area contributed by atoms with E-state index in [0.717, 1.165) is 13.2 Å². The Bertz CT molecular complexity index is 77.0. The van der Waals surface area contributed by atoms with Crippen LogP contribution < -0.4 is 0 Å². The SMILES string of the molecule is CN(C)[C@H]1CCCOC1. The van der Waals surface area contributed by atoms with Crippen LogP contribution in [0.15, 0.2) is 0 Å². The highest BCUT2D eigenvalue weighted by molar-refractivity contribution is 4.68. The van der Waals surface area contributed by atoms with E-state index in [1.54, 1.807) is 0 Å². The Balaban J connectivity index is 2.23. The molecular weight excluding hydrogens is 114 g/mol. The van der Waals surface area contributed by atoms with Gasteiger partial charge in [-0.05, 0) is 26.9 Å². The van der Waals surface area contributed by atoms with Gasteiger partial charge in [-0.1, -0.05) is 0 Å². The molecule has 2 nitrogen and oxygen atoms in total. The van der Waals surface area contributed by atoms with Crippen molar-refractivity contribution in [3.05, 3.63) is 0 Å². The average molecular weight is 129 g/mol. The molecule has 0 spiro atoms. The maximum Gasteiger partial charge on any atom is 0.0621 e. The molecule has 1 rings (SSSR count). The molecule has 54 valence electrons. The van der Waals surface area contributed by atoms with Crippen LogP contribution in [0.4, 0.5) is 0 Å². The van der Waals surface area contributed by atoms with Crippen molar-refractivity contribution >= 4 is 0 Å². The zero-order valence-electron chi connectivity index (χ0n) is 6.26. The van der Waals surface area contributed by atoms with Crippen LogP contribution >= 0.6 is 0 Å². The Hall–Kier alpha value is -0.0800. The van der Waals surface area contributed by atoms with Crippen molar-refractivity contribution in [3.8, 4) is 0 Å². The maximum atomic E-state index is 5.30. The summed E-state index contributed by atoms with van der Waals surface area (Å²) < 4.78 is 5.30. The number of hydrogen-bond acceptors (Lipinski definition) is 2. The Morgan fingerprint density at radius 3 is 2.56 bits per heavy atom. The molecule has 0 bridgehead atoms. The first-order valence-electron chi connectivity index (χ1n) is 3.55. The second kappa shape index (κ2) is 3.18. The lowest BCUT2D eigenvalue weighted by atomic mass is 10.1. The Labute approximate surface area is 56.8 Å². The second-order valence-electron chi connectivity index (χ2n) is 2.83. The van der Waals surface area contributed by atoms with Crippen LogP contribution in [-0.4, -0.2) is 38.3 Å². The molecule has 1 aliphatic rings. The zero-order chi connectivity index (χ0) is 6.69. The van der Waals surface area contributed by atoms with Crippen molar-refractivity contribution in [1.82, 2.24) is 4.90 Å². The number of hydrogen-bond donors (Lipinski definition) is 0. The van der Waals surface area contributed by atoms with Crippen molar-refractivity contribution in [2.45, 2.75) is 18.9 Å². The number of nitrogens with zero attached hydrogens (tertiary/aromatic N) is 1. The minimum absolute atomic E-state index is 0.666. The van der Waals surface area contributed by atoms with E-state index in [1.807, 2.05) is 0 Å². The van der Waals surface area contributed by atoms with Crippen LogP contribution in [0.5, 0.6) is 0 Å². The van der Waals surface area contributed by atoms with E-state index in [4.69, 9.17) is 4.74 Å². The molecule has 1 saturated heterocycles. The summed E-state index contributed by atoms with van der Waals surface area (Å²) in [6.07, 6.45) is 2.52. The fourth-order valence-electron chi connectivity index (χ4n) is 1.13. The Kier molecular flexibility index (Phi) is 2.49. The first-order valence-corrected chi connectivity index (χ1v) is 3.55. The van der Waals surface area contributed by atoms with Crippen LogP contribution in [0.2, 0.25) is 0 Å². The Morgan fingerprint density at radius 2 is 2.22 bits per heavy atom. The topological polar surface area (TPSA) is 12.5 Å². The third kappa shape index (κ3) is 1.95. The molecular formula is C7H15NO. The zero-order valence-corrected chi connectivity index (χ0v) is 6.26. The van der Waals surface area contributed by atoms with Gasteiger partial charge in [0, 0.05) is 12.6 Å². The summed E-state index contributed by atoms with van der Waals surface area (Å²) in [5.41, 5.74) is 0. The third-order valence-electron chi connectivity index (χ3n) is 1.87. The standard InChI is InChI=1S/C7H15NO/c1-8(2)7-4-3-5-9-6-7/h7H,3-6H2,1-2H3/t7-/m0/s1. The molecule has 0 aromatic carbocycles. The van der Waals surface area contributed by atoms with Gasteiger partial charge in [0.2, 0.25) is 0 Å². The quantitative estimate of drug-likeness (QED) is 0.517. The lowest BCUT2D eigenvalue weighted by Gasteiger charge is -2.27. The molecule has 1 fully saturated rings. The minimum atomic E-state index is 0.666. The van der Waals surface area contributed by atoms with Crippen molar-refractivity contribution < 1.29 is 4.74 Å². The third-order valence-corrected chi connectivity index (χ3v) is 1.87. The van der Waals surface area contributed by atoms with E-state index in [2.05, 4.69) is 19.0 Å². The fraction of sp³-hybridized carbons (Fsp3) is 1.00. The fourth-order valence-corrected chi connectivity index (χ4v) is 1.13. The van der Waals surface area contributed by atoms with Gasteiger partial charge in [-0.2, -0.15) is 0 Å². The molecule has 0 aliphatic carbocycles. The summed E-state index contributed by atoms with van der Waals surface area (Å²) in [5, 5.41) is 0. The summed E-state index contributed by atoms with van der Waals surface area (Å²) in [6.45, 7) is 1.89. The van der Waals surface area contributed by atoms with Gasteiger partial charge in [-0.25, -0.2) is 0 Å². The summed E-state index contributed by atoms with van der Waals surface area (Å²) in [4.78, 5) is 2.24. The van der Waals surface area contributed by atoms with Gasteiger partial charge in [-0.15, -0.1) is 0 Å². The first-order chi connectivity index (χ1) is 4.30. The van der Waals surface area contributed by atoms with E-state index in [1.165, 1.54) is 12.8 Å². The monoisotopic (exact) mass is 129 g/mol. The molecule has 0 radical (unpaired) electrons. The number of rotatable bonds is 1. The van der Waals surface area contributed by atoms with Gasteiger partial charge in [0.15, 0.2) is 0 Å². The highest BCUT2D eigenvalue weighted by Crippen LogP contribution is 2.09. The summed E-state index contributed by atoms with van der Waals surface area (Å²) >= 11 is 0. The van der Waals surface area contributed by atoms with Gasteiger partial charge >= 0.3 is 0 Å². The lowest BCUT2D eigenvalue weighted by Crippen LogP contribution is -2.35. The van der Waals surface area contributed by atoms with Gasteiger partial charge < -0.3 is 9.64 Å². The lowest BCUT2D eigenvalue weighted by molar-refractivity contribution is 0.0363. The molecule has 9 heavy (non-hydrogen) atoms. The molecule has 1 heterocycles. The number of likely N-dealkylation sites (N-methyl/N-ethyl adjacent to an activating group) is 1. The summed E-state index contributed by atoms with van der Waals surface area (Å²) in [5.74, 6) is 0. The highest BCUT2D eigenvalue weighted by Gasteiger charge is 2.14. The molecule has 1 atom stereocenters. The maximum absolute atomic E-state index is 5.30.